The molecule has 2 aromatic heterocycles. The van der Waals surface area contributed by atoms with Crippen molar-refractivity contribution in [3.63, 3.8) is 0 Å². The van der Waals surface area contributed by atoms with Crippen LogP contribution in [-0.4, -0.2) is 32.4 Å². The molecule has 2 heterocycles. The second-order valence-electron chi connectivity index (χ2n) is 9.97. The fraction of sp³-hybridized carbons (Fsp3) is 0.357. The van der Waals surface area contributed by atoms with Crippen LogP contribution < -0.4 is 4.74 Å². The number of ether oxygens (including phenoxy) is 2. The fourth-order valence-corrected chi connectivity index (χ4v) is 4.12. The van der Waals surface area contributed by atoms with Gasteiger partial charge in [-0.05, 0) is 70.9 Å². The SMILES string of the molecule is CC(C)Oc1ccc(-c2nc(-c3cccc4c(CCC(=O)OC(C)(C)C)cn(C)c34)no2)cc1C#N. The topological polar surface area (TPSA) is 103 Å². The normalized spacial score (nSPS) is 11.6. The van der Waals surface area contributed by atoms with Gasteiger partial charge in [-0.25, -0.2) is 0 Å². The van der Waals surface area contributed by atoms with Crippen molar-refractivity contribution in [2.75, 3.05) is 0 Å². The van der Waals surface area contributed by atoms with E-state index < -0.39 is 5.60 Å². The molecular formula is C28H30N4O4. The van der Waals surface area contributed by atoms with Crippen LogP contribution in [0, 0.1) is 11.3 Å². The molecule has 0 aliphatic rings. The van der Waals surface area contributed by atoms with Crippen LogP contribution in [0.25, 0.3) is 33.7 Å². The van der Waals surface area contributed by atoms with Crippen LogP contribution in [0.4, 0.5) is 0 Å². The van der Waals surface area contributed by atoms with Crippen LogP contribution in [0.3, 0.4) is 0 Å². The van der Waals surface area contributed by atoms with Crippen LogP contribution in [0.1, 0.15) is 52.2 Å². The average Bonchev–Trinajstić information content (AvgIpc) is 3.42. The van der Waals surface area contributed by atoms with E-state index in [-0.39, 0.29) is 12.1 Å². The number of benzene rings is 2. The van der Waals surface area contributed by atoms with Crippen LogP contribution in [-0.2, 0) is 23.0 Å². The first-order valence-electron chi connectivity index (χ1n) is 11.9. The van der Waals surface area contributed by atoms with Crippen molar-refractivity contribution in [1.82, 2.24) is 14.7 Å². The second-order valence-corrected chi connectivity index (χ2v) is 9.97. The molecule has 0 aliphatic carbocycles. The van der Waals surface area contributed by atoms with Crippen LogP contribution in [0.5, 0.6) is 5.75 Å². The maximum absolute atomic E-state index is 12.2. The summed E-state index contributed by atoms with van der Waals surface area (Å²) in [4.78, 5) is 16.8. The Morgan fingerprint density at radius 2 is 2.00 bits per heavy atom. The van der Waals surface area contributed by atoms with Gasteiger partial charge in [0, 0.05) is 36.2 Å². The van der Waals surface area contributed by atoms with Crippen LogP contribution in [0.15, 0.2) is 47.1 Å². The average molecular weight is 487 g/mol. The summed E-state index contributed by atoms with van der Waals surface area (Å²) in [7, 11) is 1.95. The molecule has 0 unspecified atom stereocenters. The van der Waals surface area contributed by atoms with Gasteiger partial charge in [0.1, 0.15) is 17.4 Å². The number of esters is 1. The fourth-order valence-electron chi connectivity index (χ4n) is 4.12. The van der Waals surface area contributed by atoms with E-state index in [0.717, 1.165) is 22.0 Å². The first-order valence-corrected chi connectivity index (χ1v) is 11.9. The number of carbonyl (C=O) groups is 1. The van der Waals surface area contributed by atoms with Crippen molar-refractivity contribution < 1.29 is 18.8 Å². The third-order valence-electron chi connectivity index (χ3n) is 5.48. The molecule has 0 radical (unpaired) electrons. The second kappa shape index (κ2) is 9.86. The number of para-hydroxylation sites is 1. The van der Waals surface area contributed by atoms with Gasteiger partial charge in [-0.3, -0.25) is 4.79 Å². The molecule has 0 saturated carbocycles. The highest BCUT2D eigenvalue weighted by atomic mass is 16.6. The summed E-state index contributed by atoms with van der Waals surface area (Å²) in [6, 6.07) is 13.3. The van der Waals surface area contributed by atoms with Gasteiger partial charge in [-0.15, -0.1) is 0 Å². The Bertz CT molecular complexity index is 1450. The molecule has 8 nitrogen and oxygen atoms in total. The Kier molecular flexibility index (Phi) is 6.84. The molecule has 0 bridgehead atoms. The molecule has 0 spiro atoms. The van der Waals surface area contributed by atoms with Crippen LogP contribution >= 0.6 is 0 Å². The van der Waals surface area contributed by atoms with Crippen molar-refractivity contribution >= 4 is 16.9 Å². The standard InChI is InChI=1S/C28H30N4O4/c1-17(2)34-23-12-10-18(14-20(23)15-29)27-30-26(31-36-27)22-9-7-8-21-19(16-32(6)25(21)22)11-13-24(33)35-28(3,4)5/h7-10,12,14,16-17H,11,13H2,1-6H3. The van der Waals surface area contributed by atoms with E-state index in [1.165, 1.54) is 0 Å². The lowest BCUT2D eigenvalue weighted by atomic mass is 10.1. The number of aromatic nitrogens is 3. The van der Waals surface area contributed by atoms with E-state index in [1.54, 1.807) is 18.2 Å². The van der Waals surface area contributed by atoms with Crippen molar-refractivity contribution in [2.45, 2.75) is 59.2 Å². The highest BCUT2D eigenvalue weighted by Gasteiger charge is 2.20. The molecule has 2 aromatic carbocycles. The summed E-state index contributed by atoms with van der Waals surface area (Å²) in [6.45, 7) is 9.41. The van der Waals surface area contributed by atoms with E-state index in [0.29, 0.717) is 41.4 Å². The minimum Gasteiger partial charge on any atom is -0.490 e. The molecule has 0 amide bonds. The summed E-state index contributed by atoms with van der Waals surface area (Å²) < 4.78 is 18.7. The zero-order chi connectivity index (χ0) is 26.0. The number of hydrogen-bond donors (Lipinski definition) is 0. The molecule has 8 heteroatoms. The van der Waals surface area contributed by atoms with Gasteiger partial charge < -0.3 is 18.6 Å². The molecule has 36 heavy (non-hydrogen) atoms. The Balaban J connectivity index is 1.63. The zero-order valence-corrected chi connectivity index (χ0v) is 21.5. The third-order valence-corrected chi connectivity index (χ3v) is 5.48. The van der Waals surface area contributed by atoms with Gasteiger partial charge in [-0.1, -0.05) is 17.3 Å². The molecule has 0 aliphatic heterocycles. The minimum absolute atomic E-state index is 0.0437. The predicted molar refractivity (Wildman–Crippen MR) is 136 cm³/mol. The molecule has 4 aromatic rings. The molecule has 0 saturated heterocycles. The number of nitriles is 1. The maximum Gasteiger partial charge on any atom is 0.306 e. The Hall–Kier alpha value is -4.12. The lowest BCUT2D eigenvalue weighted by Crippen LogP contribution is -2.23. The summed E-state index contributed by atoms with van der Waals surface area (Å²) in [5, 5.41) is 14.8. The number of aryl methyl sites for hydroxylation is 2. The van der Waals surface area contributed by atoms with Gasteiger partial charge in [0.25, 0.3) is 5.89 Å². The lowest BCUT2D eigenvalue weighted by Gasteiger charge is -2.19. The Morgan fingerprint density at radius 3 is 2.69 bits per heavy atom. The zero-order valence-electron chi connectivity index (χ0n) is 21.5. The number of carbonyl (C=O) groups excluding carboxylic acids is 1. The van der Waals surface area contributed by atoms with E-state index in [9.17, 15) is 10.1 Å². The van der Waals surface area contributed by atoms with E-state index in [1.807, 2.05) is 70.6 Å². The Morgan fingerprint density at radius 1 is 1.22 bits per heavy atom. The Labute approximate surface area is 210 Å². The molecular weight excluding hydrogens is 456 g/mol. The predicted octanol–water partition coefficient (Wildman–Crippen LogP) is 5.83. The first kappa shape index (κ1) is 25.0. The van der Waals surface area contributed by atoms with Crippen molar-refractivity contribution in [3.05, 3.63) is 53.7 Å². The number of fused-ring (bicyclic) bond motifs is 1. The van der Waals surface area contributed by atoms with Crippen molar-refractivity contribution in [1.29, 1.82) is 5.26 Å². The van der Waals surface area contributed by atoms with Gasteiger partial charge >= 0.3 is 5.97 Å². The van der Waals surface area contributed by atoms with E-state index >= 15 is 0 Å². The monoisotopic (exact) mass is 486 g/mol. The van der Waals surface area contributed by atoms with Crippen LogP contribution in [0.2, 0.25) is 0 Å². The van der Waals surface area contributed by atoms with Crippen molar-refractivity contribution in [3.8, 4) is 34.7 Å². The maximum atomic E-state index is 12.2. The summed E-state index contributed by atoms with van der Waals surface area (Å²) >= 11 is 0. The molecule has 0 atom stereocenters. The molecule has 0 N–H and O–H groups in total. The molecule has 4 rings (SSSR count). The smallest absolute Gasteiger partial charge is 0.306 e. The van der Waals surface area contributed by atoms with Crippen molar-refractivity contribution in [2.24, 2.45) is 7.05 Å². The van der Waals surface area contributed by atoms with Gasteiger partial charge in [0.2, 0.25) is 5.82 Å². The summed E-state index contributed by atoms with van der Waals surface area (Å²) in [6.07, 6.45) is 2.84. The minimum atomic E-state index is -0.505. The summed E-state index contributed by atoms with van der Waals surface area (Å²) in [5.41, 5.74) is 3.34. The molecule has 0 fully saturated rings. The van der Waals surface area contributed by atoms with E-state index in [4.69, 9.17) is 14.0 Å². The van der Waals surface area contributed by atoms with Gasteiger partial charge in [-0.2, -0.15) is 10.2 Å². The lowest BCUT2D eigenvalue weighted by molar-refractivity contribution is -0.154. The number of hydrogen-bond acceptors (Lipinski definition) is 7. The van der Waals surface area contributed by atoms with Gasteiger partial charge in [0.05, 0.1) is 17.2 Å². The highest BCUT2D eigenvalue weighted by Crippen LogP contribution is 2.33. The molecule has 186 valence electrons. The number of nitrogens with zero attached hydrogens (tertiary/aromatic N) is 4. The summed E-state index contributed by atoms with van der Waals surface area (Å²) in [5.74, 6) is 1.05. The van der Waals surface area contributed by atoms with E-state index in [2.05, 4.69) is 16.2 Å². The third kappa shape index (κ3) is 5.41. The first-order chi connectivity index (χ1) is 17.1. The number of rotatable bonds is 7. The quantitative estimate of drug-likeness (QED) is 0.303. The van der Waals surface area contributed by atoms with Gasteiger partial charge in [0.15, 0.2) is 0 Å². The highest BCUT2D eigenvalue weighted by molar-refractivity contribution is 5.95. The largest absolute Gasteiger partial charge is 0.490 e.